The first-order valence-corrected chi connectivity index (χ1v) is 9.74. The van der Waals surface area contributed by atoms with E-state index in [1.54, 1.807) is 24.4 Å². The maximum Gasteiger partial charge on any atom is 0.251 e. The van der Waals surface area contributed by atoms with Gasteiger partial charge in [0.05, 0.1) is 0 Å². The van der Waals surface area contributed by atoms with Gasteiger partial charge in [-0.3, -0.25) is 4.79 Å². The molecule has 0 radical (unpaired) electrons. The molecule has 0 saturated carbocycles. The zero-order valence-corrected chi connectivity index (χ0v) is 16.3. The molecule has 1 aromatic carbocycles. The predicted molar refractivity (Wildman–Crippen MR) is 109 cm³/mol. The summed E-state index contributed by atoms with van der Waals surface area (Å²) in [6.07, 6.45) is 5.41. The number of benzene rings is 1. The summed E-state index contributed by atoms with van der Waals surface area (Å²) in [6.45, 7) is 2.50. The van der Waals surface area contributed by atoms with Crippen LogP contribution in [0.2, 0.25) is 0 Å². The number of rotatable bonds is 5. The number of nitrogens with zero attached hydrogens (tertiary/aromatic N) is 4. The van der Waals surface area contributed by atoms with E-state index < -0.39 is 0 Å². The Labute approximate surface area is 169 Å². The SMILES string of the molecule is Cc1nc(CCNC(=O)c2cccc(-c3cccnc3C#N)c2)nc2c1CCC2. The van der Waals surface area contributed by atoms with Crippen molar-refractivity contribution in [2.75, 3.05) is 6.54 Å². The lowest BCUT2D eigenvalue weighted by Gasteiger charge is -2.09. The van der Waals surface area contributed by atoms with Gasteiger partial charge in [0.15, 0.2) is 0 Å². The van der Waals surface area contributed by atoms with Crippen LogP contribution in [0.3, 0.4) is 0 Å². The molecule has 0 aliphatic heterocycles. The van der Waals surface area contributed by atoms with Gasteiger partial charge in [-0.15, -0.1) is 0 Å². The summed E-state index contributed by atoms with van der Waals surface area (Å²) in [5, 5.41) is 12.2. The smallest absolute Gasteiger partial charge is 0.251 e. The Morgan fingerprint density at radius 3 is 2.97 bits per heavy atom. The summed E-state index contributed by atoms with van der Waals surface area (Å²) in [5.41, 5.74) is 5.91. The largest absolute Gasteiger partial charge is 0.352 e. The number of fused-ring (bicyclic) bond motifs is 1. The second kappa shape index (κ2) is 8.19. The second-order valence-corrected chi connectivity index (χ2v) is 7.10. The molecule has 144 valence electrons. The van der Waals surface area contributed by atoms with Gasteiger partial charge in [0, 0.05) is 41.7 Å². The van der Waals surface area contributed by atoms with Gasteiger partial charge >= 0.3 is 0 Å². The van der Waals surface area contributed by atoms with Crippen LogP contribution in [0.15, 0.2) is 42.6 Å². The highest BCUT2D eigenvalue weighted by atomic mass is 16.1. The van der Waals surface area contributed by atoms with E-state index in [4.69, 9.17) is 0 Å². The summed E-state index contributed by atoms with van der Waals surface area (Å²) < 4.78 is 0. The van der Waals surface area contributed by atoms with Crippen LogP contribution in [0.25, 0.3) is 11.1 Å². The van der Waals surface area contributed by atoms with Crippen molar-refractivity contribution in [1.29, 1.82) is 5.26 Å². The molecule has 1 amide bonds. The standard InChI is InChI=1S/C23H21N5O/c1-15-18-7-3-9-20(18)28-22(27-15)10-12-26-23(29)17-6-2-5-16(13-17)19-8-4-11-25-21(19)14-24/h2,4-6,8,11,13H,3,7,9-10,12H2,1H3,(H,26,29). The first kappa shape index (κ1) is 18.8. The average molecular weight is 383 g/mol. The molecule has 0 fully saturated rings. The molecule has 2 heterocycles. The van der Waals surface area contributed by atoms with Gasteiger partial charge in [0.2, 0.25) is 0 Å². The second-order valence-electron chi connectivity index (χ2n) is 7.10. The lowest BCUT2D eigenvalue weighted by atomic mass is 10.0. The Morgan fingerprint density at radius 2 is 2.10 bits per heavy atom. The Morgan fingerprint density at radius 1 is 1.21 bits per heavy atom. The quantitative estimate of drug-likeness (QED) is 0.731. The first-order valence-electron chi connectivity index (χ1n) is 9.74. The molecule has 6 heteroatoms. The topological polar surface area (TPSA) is 91.6 Å². The number of nitriles is 1. The molecule has 4 rings (SSSR count). The first-order chi connectivity index (χ1) is 14.2. The molecule has 0 atom stereocenters. The number of carbonyl (C=O) groups is 1. The third-order valence-electron chi connectivity index (χ3n) is 5.17. The van der Waals surface area contributed by atoms with Crippen LogP contribution in [0.1, 0.15) is 45.2 Å². The average Bonchev–Trinajstić information content (AvgIpc) is 3.23. The van der Waals surface area contributed by atoms with Crippen molar-refractivity contribution in [3.05, 3.63) is 76.6 Å². The number of hydrogen-bond acceptors (Lipinski definition) is 5. The minimum atomic E-state index is -0.160. The van der Waals surface area contributed by atoms with E-state index in [2.05, 4.69) is 26.3 Å². The van der Waals surface area contributed by atoms with Crippen molar-refractivity contribution in [2.45, 2.75) is 32.6 Å². The van der Waals surface area contributed by atoms with E-state index in [1.165, 1.54) is 5.56 Å². The van der Waals surface area contributed by atoms with Gasteiger partial charge in [-0.1, -0.05) is 12.1 Å². The summed E-state index contributed by atoms with van der Waals surface area (Å²) in [4.78, 5) is 25.9. The van der Waals surface area contributed by atoms with Crippen LogP contribution in [0.5, 0.6) is 0 Å². The number of nitrogens with one attached hydrogen (secondary N) is 1. The van der Waals surface area contributed by atoms with Crippen LogP contribution in [0, 0.1) is 18.3 Å². The van der Waals surface area contributed by atoms with Gasteiger partial charge in [-0.2, -0.15) is 5.26 Å². The van der Waals surface area contributed by atoms with Crippen LogP contribution in [-0.4, -0.2) is 27.4 Å². The maximum absolute atomic E-state index is 12.6. The highest BCUT2D eigenvalue weighted by Gasteiger charge is 2.17. The fourth-order valence-electron chi connectivity index (χ4n) is 3.74. The van der Waals surface area contributed by atoms with Crippen LogP contribution >= 0.6 is 0 Å². The van der Waals surface area contributed by atoms with Gasteiger partial charge in [0.25, 0.3) is 5.91 Å². The van der Waals surface area contributed by atoms with Gasteiger partial charge in [-0.05, 0) is 61.6 Å². The molecular formula is C23H21N5O. The molecule has 1 aliphatic rings. The van der Waals surface area contributed by atoms with E-state index in [0.29, 0.717) is 29.8 Å². The number of carbonyl (C=O) groups excluding carboxylic acids is 1. The monoisotopic (exact) mass is 383 g/mol. The predicted octanol–water partition coefficient (Wildman–Crippen LogP) is 3.18. The van der Waals surface area contributed by atoms with Crippen molar-refractivity contribution in [1.82, 2.24) is 20.3 Å². The highest BCUT2D eigenvalue weighted by Crippen LogP contribution is 2.23. The Bertz CT molecular complexity index is 1120. The summed E-state index contributed by atoms with van der Waals surface area (Å²) in [5.74, 6) is 0.623. The van der Waals surface area contributed by atoms with E-state index >= 15 is 0 Å². The molecule has 3 aromatic rings. The van der Waals surface area contributed by atoms with Crippen molar-refractivity contribution in [3.63, 3.8) is 0 Å². The highest BCUT2D eigenvalue weighted by molar-refractivity contribution is 5.95. The fraction of sp³-hybridized carbons (Fsp3) is 0.261. The van der Waals surface area contributed by atoms with Gasteiger partial charge in [0.1, 0.15) is 17.6 Å². The van der Waals surface area contributed by atoms with Crippen LogP contribution in [-0.2, 0) is 19.3 Å². The van der Waals surface area contributed by atoms with Crippen molar-refractivity contribution >= 4 is 5.91 Å². The number of aromatic nitrogens is 3. The summed E-state index contributed by atoms with van der Waals surface area (Å²) in [6, 6.07) is 12.9. The minimum Gasteiger partial charge on any atom is -0.352 e. The fourth-order valence-corrected chi connectivity index (χ4v) is 3.74. The lowest BCUT2D eigenvalue weighted by molar-refractivity contribution is 0.0954. The number of pyridine rings is 1. The van der Waals surface area contributed by atoms with E-state index in [9.17, 15) is 10.1 Å². The van der Waals surface area contributed by atoms with Crippen LogP contribution in [0.4, 0.5) is 0 Å². The molecule has 0 bridgehead atoms. The molecular weight excluding hydrogens is 362 g/mol. The Balaban J connectivity index is 1.43. The molecule has 29 heavy (non-hydrogen) atoms. The lowest BCUT2D eigenvalue weighted by Crippen LogP contribution is -2.26. The zero-order chi connectivity index (χ0) is 20.2. The third kappa shape index (κ3) is 3.99. The van der Waals surface area contributed by atoms with E-state index in [0.717, 1.165) is 42.0 Å². The summed E-state index contributed by atoms with van der Waals surface area (Å²) >= 11 is 0. The van der Waals surface area contributed by atoms with Crippen LogP contribution < -0.4 is 5.32 Å². The number of hydrogen-bond donors (Lipinski definition) is 1. The third-order valence-corrected chi connectivity index (χ3v) is 5.17. The maximum atomic E-state index is 12.6. The molecule has 0 unspecified atom stereocenters. The van der Waals surface area contributed by atoms with E-state index in [-0.39, 0.29) is 5.91 Å². The number of aryl methyl sites for hydroxylation is 2. The zero-order valence-electron chi connectivity index (χ0n) is 16.3. The van der Waals surface area contributed by atoms with Gasteiger partial charge < -0.3 is 5.32 Å². The summed E-state index contributed by atoms with van der Waals surface area (Å²) in [7, 11) is 0. The normalized spacial score (nSPS) is 12.3. The molecule has 0 spiro atoms. The molecule has 0 saturated heterocycles. The molecule has 2 aromatic heterocycles. The Kier molecular flexibility index (Phi) is 5.30. The Hall–Kier alpha value is -3.59. The van der Waals surface area contributed by atoms with E-state index in [1.807, 2.05) is 25.1 Å². The number of amides is 1. The molecule has 1 aliphatic carbocycles. The minimum absolute atomic E-state index is 0.160. The molecule has 6 nitrogen and oxygen atoms in total. The van der Waals surface area contributed by atoms with Crippen molar-refractivity contribution in [3.8, 4) is 17.2 Å². The molecule has 1 N–H and O–H groups in total. The van der Waals surface area contributed by atoms with Gasteiger partial charge in [-0.25, -0.2) is 15.0 Å². The van der Waals surface area contributed by atoms with Crippen molar-refractivity contribution in [2.24, 2.45) is 0 Å². The van der Waals surface area contributed by atoms with Crippen molar-refractivity contribution < 1.29 is 4.79 Å².